The van der Waals surface area contributed by atoms with Gasteiger partial charge in [-0.25, -0.2) is 9.78 Å². The molecule has 0 fully saturated rings. The zero-order valence-corrected chi connectivity index (χ0v) is 15.7. The molecule has 27 heavy (non-hydrogen) atoms. The van der Waals surface area contributed by atoms with E-state index >= 15 is 0 Å². The summed E-state index contributed by atoms with van der Waals surface area (Å²) >= 11 is 0. The van der Waals surface area contributed by atoms with E-state index in [1.807, 2.05) is 30.1 Å². The molecule has 8 nitrogen and oxygen atoms in total. The van der Waals surface area contributed by atoms with Crippen molar-refractivity contribution in [3.05, 3.63) is 59.6 Å². The van der Waals surface area contributed by atoms with Crippen molar-refractivity contribution in [3.63, 3.8) is 0 Å². The van der Waals surface area contributed by atoms with Crippen LogP contribution in [0, 0.1) is 0 Å². The van der Waals surface area contributed by atoms with Gasteiger partial charge in [0.1, 0.15) is 11.9 Å². The monoisotopic (exact) mass is 365 g/mol. The number of aromatic amines is 1. The van der Waals surface area contributed by atoms with Crippen LogP contribution in [0.4, 0.5) is 10.6 Å². The molecule has 3 aromatic rings. The van der Waals surface area contributed by atoms with Gasteiger partial charge in [0.2, 0.25) is 0 Å². The van der Waals surface area contributed by atoms with Gasteiger partial charge in [0.25, 0.3) is 0 Å². The number of hydrogen-bond acceptors (Lipinski definition) is 4. The first kappa shape index (κ1) is 17.3. The van der Waals surface area contributed by atoms with Gasteiger partial charge in [0.15, 0.2) is 0 Å². The van der Waals surface area contributed by atoms with Crippen LogP contribution in [0.25, 0.3) is 0 Å². The van der Waals surface area contributed by atoms with Gasteiger partial charge in [-0.3, -0.25) is 15.0 Å². The van der Waals surface area contributed by atoms with Crippen molar-refractivity contribution in [2.75, 3.05) is 11.9 Å². The van der Waals surface area contributed by atoms with Crippen LogP contribution in [0.1, 0.15) is 48.5 Å². The number of aromatic nitrogens is 5. The zero-order valence-electron chi connectivity index (χ0n) is 15.7. The Morgan fingerprint density at radius 3 is 2.96 bits per heavy atom. The molecular formula is C19H23N7O. The maximum absolute atomic E-state index is 13.1. The molecule has 2 amide bonds. The number of nitrogens with zero attached hydrogens (tertiary/aromatic N) is 5. The molecule has 8 heteroatoms. The van der Waals surface area contributed by atoms with E-state index in [0.29, 0.717) is 18.3 Å². The van der Waals surface area contributed by atoms with Crippen LogP contribution in [0.2, 0.25) is 0 Å². The highest BCUT2D eigenvalue weighted by Gasteiger charge is 2.34. The number of nitrogens with one attached hydrogen (secondary N) is 2. The van der Waals surface area contributed by atoms with Gasteiger partial charge in [-0.1, -0.05) is 19.9 Å². The summed E-state index contributed by atoms with van der Waals surface area (Å²) in [6, 6.07) is 5.33. The van der Waals surface area contributed by atoms with Crippen molar-refractivity contribution >= 4 is 11.8 Å². The predicted octanol–water partition coefficient (Wildman–Crippen LogP) is 2.84. The first-order chi connectivity index (χ1) is 13.0. The van der Waals surface area contributed by atoms with Gasteiger partial charge >= 0.3 is 6.03 Å². The SMILES string of the molecule is CC(C)c1cc(NC(=O)N2CCc3[nH]cnc3[C@H]2c2cccnc2)n(C)n1. The lowest BCUT2D eigenvalue weighted by atomic mass is 9.97. The van der Waals surface area contributed by atoms with Crippen LogP contribution < -0.4 is 5.32 Å². The number of fused-ring (bicyclic) bond motifs is 1. The molecule has 3 aromatic heterocycles. The van der Waals surface area contributed by atoms with Crippen molar-refractivity contribution in [1.29, 1.82) is 0 Å². The Morgan fingerprint density at radius 1 is 1.41 bits per heavy atom. The third-order valence-corrected chi connectivity index (χ3v) is 4.91. The highest BCUT2D eigenvalue weighted by molar-refractivity contribution is 5.89. The van der Waals surface area contributed by atoms with Crippen molar-refractivity contribution < 1.29 is 4.79 Å². The maximum Gasteiger partial charge on any atom is 0.323 e. The van der Waals surface area contributed by atoms with E-state index in [-0.39, 0.29) is 12.1 Å². The fourth-order valence-electron chi connectivity index (χ4n) is 3.44. The zero-order chi connectivity index (χ0) is 19.0. The molecule has 0 bridgehead atoms. The Morgan fingerprint density at radius 2 is 2.26 bits per heavy atom. The van der Waals surface area contributed by atoms with E-state index in [9.17, 15) is 4.79 Å². The number of carbonyl (C=O) groups excluding carboxylic acids is 1. The molecule has 0 saturated heterocycles. The third kappa shape index (κ3) is 3.18. The molecule has 0 spiro atoms. The van der Waals surface area contributed by atoms with E-state index < -0.39 is 0 Å². The van der Waals surface area contributed by atoms with Gasteiger partial charge in [-0.2, -0.15) is 5.10 Å². The second-order valence-corrected chi connectivity index (χ2v) is 7.06. The first-order valence-electron chi connectivity index (χ1n) is 9.08. The quantitative estimate of drug-likeness (QED) is 0.746. The molecule has 0 saturated carbocycles. The number of hydrogen-bond donors (Lipinski definition) is 2. The number of carbonyl (C=O) groups is 1. The molecule has 140 valence electrons. The summed E-state index contributed by atoms with van der Waals surface area (Å²) in [5.74, 6) is 0.980. The molecule has 1 aliphatic rings. The van der Waals surface area contributed by atoms with E-state index in [2.05, 4.69) is 39.2 Å². The Bertz CT molecular complexity index is 944. The van der Waals surface area contributed by atoms with Gasteiger partial charge in [0.05, 0.1) is 17.7 Å². The molecule has 0 aliphatic carbocycles. The number of pyridine rings is 1. The van der Waals surface area contributed by atoms with Gasteiger partial charge in [-0.15, -0.1) is 0 Å². The topological polar surface area (TPSA) is 91.7 Å². The number of amides is 2. The van der Waals surface area contributed by atoms with Crippen molar-refractivity contribution in [2.24, 2.45) is 7.05 Å². The van der Waals surface area contributed by atoms with Crippen molar-refractivity contribution in [1.82, 2.24) is 29.6 Å². The average Bonchev–Trinajstić information content (AvgIpc) is 3.28. The summed E-state index contributed by atoms with van der Waals surface area (Å²) in [7, 11) is 1.84. The fraction of sp³-hybridized carbons (Fsp3) is 0.368. The molecule has 4 heterocycles. The molecule has 1 atom stereocenters. The van der Waals surface area contributed by atoms with Crippen molar-refractivity contribution in [2.45, 2.75) is 32.2 Å². The van der Waals surface area contributed by atoms with E-state index in [1.54, 1.807) is 23.4 Å². The van der Waals surface area contributed by atoms with Crippen LogP contribution in [0.5, 0.6) is 0 Å². The summed E-state index contributed by atoms with van der Waals surface area (Å²) < 4.78 is 1.70. The summed E-state index contributed by atoms with van der Waals surface area (Å²) in [6.07, 6.45) is 5.94. The molecule has 0 radical (unpaired) electrons. The number of H-pyrrole nitrogens is 1. The first-order valence-corrected chi connectivity index (χ1v) is 9.08. The lowest BCUT2D eigenvalue weighted by molar-refractivity contribution is 0.192. The molecular weight excluding hydrogens is 342 g/mol. The maximum atomic E-state index is 13.1. The molecule has 4 rings (SSSR count). The second kappa shape index (κ2) is 6.86. The minimum absolute atomic E-state index is 0.171. The Hall–Kier alpha value is -3.16. The Labute approximate surface area is 157 Å². The number of imidazole rings is 1. The smallest absolute Gasteiger partial charge is 0.323 e. The summed E-state index contributed by atoms with van der Waals surface area (Å²) in [4.78, 5) is 26.8. The van der Waals surface area contributed by atoms with E-state index in [0.717, 1.165) is 29.1 Å². The standard InChI is InChI=1S/C19H23N7O/c1-12(2)15-9-16(25(3)24-15)23-19(27)26-8-6-14-17(22-11-21-14)18(26)13-5-4-7-20-10-13/h4-5,7,9-12,18H,6,8H2,1-3H3,(H,21,22)(H,23,27)/t18-/m1/s1. The van der Waals surface area contributed by atoms with Crippen LogP contribution in [0.3, 0.4) is 0 Å². The van der Waals surface area contributed by atoms with E-state index in [1.165, 1.54) is 0 Å². The second-order valence-electron chi connectivity index (χ2n) is 7.06. The van der Waals surface area contributed by atoms with Crippen LogP contribution in [0.15, 0.2) is 36.9 Å². The number of anilines is 1. The van der Waals surface area contributed by atoms with Gasteiger partial charge < -0.3 is 9.88 Å². The van der Waals surface area contributed by atoms with Crippen LogP contribution >= 0.6 is 0 Å². The fourth-order valence-corrected chi connectivity index (χ4v) is 3.44. The highest BCUT2D eigenvalue weighted by Crippen LogP contribution is 2.33. The Balaban J connectivity index is 1.64. The third-order valence-electron chi connectivity index (χ3n) is 4.91. The summed E-state index contributed by atoms with van der Waals surface area (Å²) in [6.45, 7) is 4.75. The van der Waals surface area contributed by atoms with E-state index in [4.69, 9.17) is 0 Å². The minimum atomic E-state index is -0.272. The number of aryl methyl sites for hydroxylation is 1. The number of urea groups is 1. The van der Waals surface area contributed by atoms with Crippen molar-refractivity contribution in [3.8, 4) is 0 Å². The normalized spacial score (nSPS) is 16.4. The molecule has 1 aliphatic heterocycles. The molecule has 0 unspecified atom stereocenters. The summed E-state index contributed by atoms with van der Waals surface area (Å²) in [5.41, 5.74) is 3.83. The predicted molar refractivity (Wildman–Crippen MR) is 101 cm³/mol. The van der Waals surface area contributed by atoms with Gasteiger partial charge in [0, 0.05) is 44.2 Å². The lowest BCUT2D eigenvalue weighted by Gasteiger charge is -2.35. The lowest BCUT2D eigenvalue weighted by Crippen LogP contribution is -2.43. The highest BCUT2D eigenvalue weighted by atomic mass is 16.2. The largest absolute Gasteiger partial charge is 0.348 e. The molecule has 0 aromatic carbocycles. The van der Waals surface area contributed by atoms with Crippen LogP contribution in [-0.4, -0.2) is 42.2 Å². The average molecular weight is 365 g/mol. The molecule has 2 N–H and O–H groups in total. The Kier molecular flexibility index (Phi) is 4.39. The minimum Gasteiger partial charge on any atom is -0.348 e. The number of rotatable bonds is 3. The summed E-state index contributed by atoms with van der Waals surface area (Å²) in [5, 5.41) is 7.48. The van der Waals surface area contributed by atoms with Crippen LogP contribution in [-0.2, 0) is 13.5 Å². The van der Waals surface area contributed by atoms with Gasteiger partial charge in [-0.05, 0) is 17.5 Å².